The van der Waals surface area contributed by atoms with Gasteiger partial charge in [0.05, 0.1) is 12.3 Å². The molecule has 3 unspecified atom stereocenters. The third-order valence-corrected chi connectivity index (χ3v) is 8.58. The van der Waals surface area contributed by atoms with E-state index in [-0.39, 0.29) is 0 Å². The van der Waals surface area contributed by atoms with Crippen molar-refractivity contribution in [2.45, 2.75) is 109 Å². The van der Waals surface area contributed by atoms with Crippen molar-refractivity contribution in [3.63, 3.8) is 0 Å². The van der Waals surface area contributed by atoms with Crippen LogP contribution in [0.15, 0.2) is 28.9 Å². The zero-order chi connectivity index (χ0) is 25.8. The standard InChI is InChI=1S/C30H48N4O2/c1-20-10-9-11-28(31-20)30(35)32-24-18-25-12-13-26(19-24)34(25)23(4)27-14-15-29(22(3)21(27)2)36-17-8-7-16-33(5)6/h11,14-15,23-26,30,32,35H,7-10,12-13,16-19H2,1-6H3/t23-,24?,25?,26?,30?/m0/s1. The van der Waals surface area contributed by atoms with E-state index in [2.05, 4.69) is 80.1 Å². The van der Waals surface area contributed by atoms with Crippen molar-refractivity contribution in [2.75, 3.05) is 27.2 Å². The maximum absolute atomic E-state index is 10.8. The first-order valence-electron chi connectivity index (χ1n) is 14.1. The first-order valence-corrected chi connectivity index (χ1v) is 14.1. The fraction of sp³-hybridized carbons (Fsp3) is 0.700. The van der Waals surface area contributed by atoms with Gasteiger partial charge < -0.3 is 14.7 Å². The van der Waals surface area contributed by atoms with E-state index < -0.39 is 6.23 Å². The molecule has 2 bridgehead atoms. The number of rotatable bonds is 11. The van der Waals surface area contributed by atoms with Crippen molar-refractivity contribution in [2.24, 2.45) is 4.99 Å². The molecule has 0 saturated carbocycles. The molecule has 200 valence electrons. The van der Waals surface area contributed by atoms with Gasteiger partial charge in [-0.25, -0.2) is 0 Å². The highest BCUT2D eigenvalue weighted by molar-refractivity contribution is 5.83. The topological polar surface area (TPSA) is 60.3 Å². The molecule has 3 aliphatic rings. The van der Waals surface area contributed by atoms with E-state index in [1.54, 1.807) is 0 Å². The molecule has 2 fully saturated rings. The summed E-state index contributed by atoms with van der Waals surface area (Å²) in [5.41, 5.74) is 5.97. The minimum atomic E-state index is -0.658. The lowest BCUT2D eigenvalue weighted by Crippen LogP contribution is -2.52. The molecule has 3 heterocycles. The number of nitrogens with zero attached hydrogens (tertiary/aromatic N) is 3. The first-order chi connectivity index (χ1) is 17.2. The molecule has 0 spiro atoms. The predicted molar refractivity (Wildman–Crippen MR) is 149 cm³/mol. The van der Waals surface area contributed by atoms with Gasteiger partial charge in [-0.05, 0) is 122 Å². The van der Waals surface area contributed by atoms with E-state index in [1.165, 1.54) is 29.5 Å². The highest BCUT2D eigenvalue weighted by Gasteiger charge is 2.43. The van der Waals surface area contributed by atoms with Crippen LogP contribution in [0.5, 0.6) is 5.75 Å². The van der Waals surface area contributed by atoms with Gasteiger partial charge in [0, 0.05) is 29.9 Å². The molecule has 6 heteroatoms. The van der Waals surface area contributed by atoms with Crippen molar-refractivity contribution in [1.82, 2.24) is 15.1 Å². The molecule has 6 nitrogen and oxygen atoms in total. The summed E-state index contributed by atoms with van der Waals surface area (Å²) in [5.74, 6) is 1.03. The molecule has 0 amide bonds. The fourth-order valence-corrected chi connectivity index (χ4v) is 6.51. The molecule has 3 aliphatic heterocycles. The van der Waals surface area contributed by atoms with E-state index in [0.717, 1.165) is 68.8 Å². The number of unbranched alkanes of at least 4 members (excludes halogenated alkanes) is 1. The van der Waals surface area contributed by atoms with Crippen LogP contribution in [0.4, 0.5) is 0 Å². The van der Waals surface area contributed by atoms with Crippen LogP contribution in [0.3, 0.4) is 0 Å². The average molecular weight is 497 g/mol. The number of aliphatic imine (C=N–C) groups is 1. The Hall–Kier alpha value is -1.73. The normalized spacial score (nSPS) is 26.1. The largest absolute Gasteiger partial charge is 0.493 e. The van der Waals surface area contributed by atoms with Crippen LogP contribution in [0.25, 0.3) is 0 Å². The maximum atomic E-state index is 10.8. The number of allylic oxidation sites excluding steroid dienone is 1. The summed E-state index contributed by atoms with van der Waals surface area (Å²) in [7, 11) is 4.24. The lowest BCUT2D eigenvalue weighted by Gasteiger charge is -2.44. The summed E-state index contributed by atoms with van der Waals surface area (Å²) in [4.78, 5) is 9.57. The molecule has 0 aliphatic carbocycles. The Morgan fingerprint density at radius 1 is 1.11 bits per heavy atom. The van der Waals surface area contributed by atoms with Gasteiger partial charge in [-0.3, -0.25) is 15.2 Å². The second-order valence-electron chi connectivity index (χ2n) is 11.5. The summed E-state index contributed by atoms with van der Waals surface area (Å²) in [6, 6.07) is 6.32. The zero-order valence-corrected chi connectivity index (χ0v) is 23.4. The van der Waals surface area contributed by atoms with Crippen LogP contribution in [0.2, 0.25) is 0 Å². The predicted octanol–water partition coefficient (Wildman–Crippen LogP) is 5.13. The van der Waals surface area contributed by atoms with Gasteiger partial charge >= 0.3 is 0 Å². The quantitative estimate of drug-likeness (QED) is 0.329. The number of hydrogen-bond acceptors (Lipinski definition) is 6. The minimum Gasteiger partial charge on any atom is -0.493 e. The van der Waals surface area contributed by atoms with Crippen LogP contribution in [0.1, 0.15) is 87.9 Å². The average Bonchev–Trinajstić information content (AvgIpc) is 3.11. The number of piperidine rings is 1. The van der Waals surface area contributed by atoms with Gasteiger partial charge in [0.2, 0.25) is 0 Å². The van der Waals surface area contributed by atoms with Gasteiger partial charge in [0.1, 0.15) is 12.0 Å². The summed E-state index contributed by atoms with van der Waals surface area (Å²) in [5, 5.41) is 14.3. The molecule has 4 rings (SSSR count). The van der Waals surface area contributed by atoms with E-state index in [1.807, 2.05) is 0 Å². The summed E-state index contributed by atoms with van der Waals surface area (Å²) >= 11 is 0. The van der Waals surface area contributed by atoms with Crippen molar-refractivity contribution in [1.29, 1.82) is 0 Å². The zero-order valence-electron chi connectivity index (χ0n) is 23.4. The molecular weight excluding hydrogens is 448 g/mol. The SMILES string of the molecule is CC1=NC(C(O)NC2CC3CCC(C2)N3[C@@H](C)c2ccc(OCCCCN(C)C)c(C)c2C)=CCC1. The van der Waals surface area contributed by atoms with E-state index in [9.17, 15) is 5.11 Å². The number of fused-ring (bicyclic) bond motifs is 2. The second-order valence-corrected chi connectivity index (χ2v) is 11.5. The van der Waals surface area contributed by atoms with Crippen LogP contribution in [-0.2, 0) is 0 Å². The van der Waals surface area contributed by atoms with E-state index in [4.69, 9.17) is 4.74 Å². The van der Waals surface area contributed by atoms with Crippen molar-refractivity contribution < 1.29 is 9.84 Å². The summed E-state index contributed by atoms with van der Waals surface area (Å²) < 4.78 is 6.16. The monoisotopic (exact) mass is 496 g/mol. The highest BCUT2D eigenvalue weighted by atomic mass is 16.5. The molecule has 1 aromatic rings. The molecule has 36 heavy (non-hydrogen) atoms. The molecule has 4 atom stereocenters. The Balaban J connectivity index is 1.35. The smallest absolute Gasteiger partial charge is 0.147 e. The molecule has 2 saturated heterocycles. The Labute approximate surface area is 218 Å². The van der Waals surface area contributed by atoms with E-state index >= 15 is 0 Å². The summed E-state index contributed by atoms with van der Waals surface area (Å²) in [6.45, 7) is 10.8. The molecular formula is C30H48N4O2. The number of benzene rings is 1. The fourth-order valence-electron chi connectivity index (χ4n) is 6.51. The number of aliphatic hydroxyl groups excluding tert-OH is 1. The Kier molecular flexibility index (Phi) is 9.26. The molecule has 0 aromatic heterocycles. The Morgan fingerprint density at radius 2 is 1.83 bits per heavy atom. The molecule has 2 N–H and O–H groups in total. The summed E-state index contributed by atoms with van der Waals surface area (Å²) in [6.07, 6.45) is 10.3. The Morgan fingerprint density at radius 3 is 2.50 bits per heavy atom. The van der Waals surface area contributed by atoms with Gasteiger partial charge in [0.25, 0.3) is 0 Å². The third-order valence-electron chi connectivity index (χ3n) is 8.58. The highest BCUT2D eigenvalue weighted by Crippen LogP contribution is 2.43. The number of hydrogen-bond donors (Lipinski definition) is 2. The number of nitrogens with one attached hydrogen (secondary N) is 1. The third kappa shape index (κ3) is 6.39. The van der Waals surface area contributed by atoms with Crippen LogP contribution >= 0.6 is 0 Å². The van der Waals surface area contributed by atoms with Crippen molar-refractivity contribution >= 4 is 5.71 Å². The number of aliphatic hydroxyl groups is 1. The maximum Gasteiger partial charge on any atom is 0.147 e. The number of ether oxygens (including phenoxy) is 1. The van der Waals surface area contributed by atoms with Crippen LogP contribution in [0, 0.1) is 13.8 Å². The van der Waals surface area contributed by atoms with Gasteiger partial charge in [0.15, 0.2) is 0 Å². The molecule has 1 aromatic carbocycles. The van der Waals surface area contributed by atoms with E-state index in [0.29, 0.717) is 24.2 Å². The lowest BCUT2D eigenvalue weighted by atomic mass is 9.91. The lowest BCUT2D eigenvalue weighted by molar-refractivity contribution is 0.0571. The van der Waals surface area contributed by atoms with Gasteiger partial charge in [-0.1, -0.05) is 12.1 Å². The second kappa shape index (κ2) is 12.2. The minimum absolute atomic E-state index is 0.338. The first kappa shape index (κ1) is 27.3. The van der Waals surface area contributed by atoms with Crippen LogP contribution in [-0.4, -0.2) is 72.2 Å². The van der Waals surface area contributed by atoms with Gasteiger partial charge in [-0.2, -0.15) is 0 Å². The van der Waals surface area contributed by atoms with Crippen LogP contribution < -0.4 is 10.1 Å². The Bertz CT molecular complexity index is 943. The molecule has 0 radical (unpaired) electrons. The van der Waals surface area contributed by atoms with Gasteiger partial charge in [-0.15, -0.1) is 0 Å². The van der Waals surface area contributed by atoms with Crippen molar-refractivity contribution in [3.8, 4) is 5.75 Å². The van der Waals surface area contributed by atoms with Crippen molar-refractivity contribution in [3.05, 3.63) is 40.6 Å².